The number of aromatic nitrogens is 3. The fourth-order valence-electron chi connectivity index (χ4n) is 2.50. The number of fused-ring (bicyclic) bond motifs is 1. The third kappa shape index (κ3) is 2.52. The molecule has 7 heteroatoms. The summed E-state index contributed by atoms with van der Waals surface area (Å²) in [4.78, 5) is 12.2. The molecule has 0 fully saturated rings. The van der Waals surface area contributed by atoms with E-state index >= 15 is 0 Å². The van der Waals surface area contributed by atoms with E-state index in [0.717, 1.165) is 5.56 Å². The van der Waals surface area contributed by atoms with E-state index in [1.165, 1.54) is 18.5 Å². The third-order valence-electron chi connectivity index (χ3n) is 3.56. The quantitative estimate of drug-likeness (QED) is 0.355. The minimum Gasteiger partial charge on any atom is -0.437 e. The summed E-state index contributed by atoms with van der Waals surface area (Å²) in [7, 11) is 0. The molecular formula is C17H8Cl2FN3O. The zero-order valence-corrected chi connectivity index (χ0v) is 13.5. The van der Waals surface area contributed by atoms with Crippen LogP contribution in [0.15, 0.2) is 53.3 Å². The Balaban J connectivity index is 2.06. The molecule has 0 aliphatic heterocycles. The van der Waals surface area contributed by atoms with Crippen molar-refractivity contribution in [3.05, 3.63) is 65.0 Å². The summed E-state index contributed by atoms with van der Waals surface area (Å²) >= 11 is 12.1. The molecule has 3 aromatic heterocycles. The van der Waals surface area contributed by atoms with Gasteiger partial charge in [-0.15, -0.1) is 0 Å². The van der Waals surface area contributed by atoms with E-state index in [-0.39, 0.29) is 11.0 Å². The minimum atomic E-state index is -0.330. The average molecular weight is 360 g/mol. The molecule has 0 saturated carbocycles. The van der Waals surface area contributed by atoms with Crippen LogP contribution >= 0.6 is 23.2 Å². The highest BCUT2D eigenvalue weighted by atomic mass is 35.5. The lowest BCUT2D eigenvalue weighted by Crippen LogP contribution is -1.85. The topological polar surface area (TPSA) is 51.8 Å². The van der Waals surface area contributed by atoms with Gasteiger partial charge in [0.2, 0.25) is 5.71 Å². The molecule has 3 heterocycles. The molecule has 0 aliphatic carbocycles. The highest BCUT2D eigenvalue weighted by Gasteiger charge is 2.21. The van der Waals surface area contributed by atoms with Crippen molar-refractivity contribution in [3.63, 3.8) is 0 Å². The van der Waals surface area contributed by atoms with Gasteiger partial charge in [0.1, 0.15) is 28.2 Å². The molecule has 0 radical (unpaired) electrons. The normalized spacial score (nSPS) is 11.1. The fourth-order valence-corrected chi connectivity index (χ4v) is 2.83. The number of nitrogens with zero attached hydrogens (tertiary/aromatic N) is 3. The Bertz CT molecular complexity index is 1030. The summed E-state index contributed by atoms with van der Waals surface area (Å²) in [6, 6.07) is 9.48. The zero-order valence-electron chi connectivity index (χ0n) is 12.0. The van der Waals surface area contributed by atoms with E-state index in [0.29, 0.717) is 33.1 Å². The summed E-state index contributed by atoms with van der Waals surface area (Å²) < 4.78 is 19.2. The van der Waals surface area contributed by atoms with E-state index in [1.54, 1.807) is 30.5 Å². The molecule has 4 rings (SSSR count). The van der Waals surface area contributed by atoms with E-state index in [9.17, 15) is 4.39 Å². The summed E-state index contributed by atoms with van der Waals surface area (Å²) in [6.07, 6.45) is 2.92. The fraction of sp³-hybridized carbons (Fsp3) is 0. The summed E-state index contributed by atoms with van der Waals surface area (Å²) in [5.74, 6) is 0.187. The van der Waals surface area contributed by atoms with Gasteiger partial charge in [-0.25, -0.2) is 19.3 Å². The monoisotopic (exact) mass is 359 g/mol. The second-order valence-electron chi connectivity index (χ2n) is 5.03. The average Bonchev–Trinajstić information content (AvgIpc) is 2.97. The molecule has 0 atom stereocenters. The van der Waals surface area contributed by atoms with Crippen LogP contribution in [-0.2, 0) is 0 Å². The van der Waals surface area contributed by atoms with Gasteiger partial charge in [0.15, 0.2) is 0 Å². The van der Waals surface area contributed by atoms with Gasteiger partial charge < -0.3 is 4.42 Å². The predicted molar refractivity (Wildman–Crippen MR) is 90.4 cm³/mol. The van der Waals surface area contributed by atoms with Crippen LogP contribution in [0, 0.1) is 5.82 Å². The van der Waals surface area contributed by atoms with Gasteiger partial charge in [-0.1, -0.05) is 35.3 Å². The van der Waals surface area contributed by atoms with Crippen molar-refractivity contribution >= 4 is 34.3 Å². The van der Waals surface area contributed by atoms with Crippen molar-refractivity contribution in [2.24, 2.45) is 0 Å². The number of pyridine rings is 1. The summed E-state index contributed by atoms with van der Waals surface area (Å²) in [5, 5.41) is 1.20. The first-order valence-corrected chi connectivity index (χ1v) is 7.70. The molecule has 0 spiro atoms. The van der Waals surface area contributed by atoms with Gasteiger partial charge in [-0.05, 0) is 29.8 Å². The SMILES string of the molecule is Fc1ccc(-c2c(-c3ccc(Cl)nc3)oc3ncnc(Cl)c23)cc1. The first-order valence-electron chi connectivity index (χ1n) is 6.94. The molecule has 4 nitrogen and oxygen atoms in total. The summed E-state index contributed by atoms with van der Waals surface area (Å²) in [5.41, 5.74) is 2.46. The van der Waals surface area contributed by atoms with Crippen LogP contribution in [0.5, 0.6) is 0 Å². The van der Waals surface area contributed by atoms with Crippen molar-refractivity contribution in [1.82, 2.24) is 15.0 Å². The molecular weight excluding hydrogens is 352 g/mol. The van der Waals surface area contributed by atoms with Crippen LogP contribution in [0.25, 0.3) is 33.6 Å². The van der Waals surface area contributed by atoms with Gasteiger partial charge in [0.05, 0.1) is 5.39 Å². The van der Waals surface area contributed by atoms with Crippen molar-refractivity contribution in [2.45, 2.75) is 0 Å². The number of halogens is 3. The summed E-state index contributed by atoms with van der Waals surface area (Å²) in [6.45, 7) is 0. The third-order valence-corrected chi connectivity index (χ3v) is 4.07. The Morgan fingerprint density at radius 3 is 2.33 bits per heavy atom. The van der Waals surface area contributed by atoms with Crippen molar-refractivity contribution < 1.29 is 8.81 Å². The smallest absolute Gasteiger partial charge is 0.231 e. The molecule has 0 aliphatic rings. The Hall–Kier alpha value is -2.50. The lowest BCUT2D eigenvalue weighted by molar-refractivity contribution is 0.617. The van der Waals surface area contributed by atoms with E-state index in [2.05, 4.69) is 15.0 Å². The van der Waals surface area contributed by atoms with Gasteiger partial charge in [0, 0.05) is 17.3 Å². The largest absolute Gasteiger partial charge is 0.437 e. The minimum absolute atomic E-state index is 0.260. The Morgan fingerprint density at radius 2 is 1.62 bits per heavy atom. The maximum atomic E-state index is 13.3. The molecule has 0 bridgehead atoms. The predicted octanol–water partition coefficient (Wildman–Crippen LogP) is 5.40. The Kier molecular flexibility index (Phi) is 3.67. The van der Waals surface area contributed by atoms with Crippen LogP contribution in [0.2, 0.25) is 10.3 Å². The molecule has 118 valence electrons. The van der Waals surface area contributed by atoms with Gasteiger partial charge in [-0.3, -0.25) is 0 Å². The second-order valence-corrected chi connectivity index (χ2v) is 5.77. The number of rotatable bonds is 2. The molecule has 0 saturated heterocycles. The first kappa shape index (κ1) is 15.1. The molecule has 0 N–H and O–H groups in total. The van der Waals surface area contributed by atoms with Crippen LogP contribution in [0.4, 0.5) is 4.39 Å². The van der Waals surface area contributed by atoms with Crippen molar-refractivity contribution in [1.29, 1.82) is 0 Å². The highest BCUT2D eigenvalue weighted by Crippen LogP contribution is 2.42. The van der Waals surface area contributed by atoms with Crippen LogP contribution in [-0.4, -0.2) is 15.0 Å². The molecule has 1 aromatic carbocycles. The van der Waals surface area contributed by atoms with Crippen molar-refractivity contribution in [3.8, 4) is 22.5 Å². The maximum Gasteiger partial charge on any atom is 0.231 e. The van der Waals surface area contributed by atoms with Crippen molar-refractivity contribution in [2.75, 3.05) is 0 Å². The van der Waals surface area contributed by atoms with Gasteiger partial charge >= 0.3 is 0 Å². The number of hydrogen-bond donors (Lipinski definition) is 0. The van der Waals surface area contributed by atoms with Gasteiger partial charge in [-0.2, -0.15) is 0 Å². The number of benzene rings is 1. The van der Waals surface area contributed by atoms with Crippen LogP contribution < -0.4 is 0 Å². The Labute approximate surface area is 145 Å². The number of furan rings is 1. The van der Waals surface area contributed by atoms with Crippen LogP contribution in [0.3, 0.4) is 0 Å². The zero-order chi connectivity index (χ0) is 16.7. The first-order chi connectivity index (χ1) is 11.6. The Morgan fingerprint density at radius 1 is 0.875 bits per heavy atom. The lowest BCUT2D eigenvalue weighted by atomic mass is 10.0. The van der Waals surface area contributed by atoms with E-state index in [1.807, 2.05) is 0 Å². The van der Waals surface area contributed by atoms with E-state index < -0.39 is 0 Å². The highest BCUT2D eigenvalue weighted by molar-refractivity contribution is 6.35. The second kappa shape index (κ2) is 5.85. The lowest BCUT2D eigenvalue weighted by Gasteiger charge is -2.04. The number of hydrogen-bond acceptors (Lipinski definition) is 4. The molecule has 0 unspecified atom stereocenters. The maximum absolute atomic E-state index is 13.3. The standard InChI is InChI=1S/C17H8Cl2FN3O/c18-12-6-3-10(7-21-12)15-13(9-1-4-11(20)5-2-9)14-16(19)22-8-23-17(14)24-15/h1-8H. The van der Waals surface area contributed by atoms with E-state index in [4.69, 9.17) is 27.6 Å². The van der Waals surface area contributed by atoms with Crippen LogP contribution in [0.1, 0.15) is 0 Å². The molecule has 4 aromatic rings. The van der Waals surface area contributed by atoms with Gasteiger partial charge in [0.25, 0.3) is 0 Å². The molecule has 24 heavy (non-hydrogen) atoms. The molecule has 0 amide bonds.